The maximum atomic E-state index is 13.2. The minimum absolute atomic E-state index is 0.0372. The Labute approximate surface area is 122 Å². The molecule has 2 atom stereocenters. The van der Waals surface area contributed by atoms with E-state index in [9.17, 15) is 9.18 Å². The molecule has 106 valence electrons. The van der Waals surface area contributed by atoms with Crippen molar-refractivity contribution in [3.8, 4) is 0 Å². The summed E-state index contributed by atoms with van der Waals surface area (Å²) >= 11 is 3.16. The standard InChI is InChI=1S/C14H20BrFN2O/c1-8(2)17-14(19)10(4)18-9(3)11-5-6-13(16)12(15)7-11/h5-10,18H,1-4H3,(H,17,19). The molecule has 1 rings (SSSR count). The predicted molar refractivity (Wildman–Crippen MR) is 78.4 cm³/mol. The molecule has 19 heavy (non-hydrogen) atoms. The number of hydrogen-bond acceptors (Lipinski definition) is 2. The van der Waals surface area contributed by atoms with Crippen LogP contribution in [0.5, 0.6) is 0 Å². The van der Waals surface area contributed by atoms with Crippen LogP contribution in [0.15, 0.2) is 22.7 Å². The fraction of sp³-hybridized carbons (Fsp3) is 0.500. The lowest BCUT2D eigenvalue weighted by atomic mass is 10.1. The van der Waals surface area contributed by atoms with E-state index in [-0.39, 0.29) is 29.8 Å². The van der Waals surface area contributed by atoms with Gasteiger partial charge in [-0.15, -0.1) is 0 Å². The van der Waals surface area contributed by atoms with Gasteiger partial charge < -0.3 is 5.32 Å². The molecule has 0 saturated heterocycles. The van der Waals surface area contributed by atoms with Gasteiger partial charge in [-0.25, -0.2) is 4.39 Å². The second kappa shape index (κ2) is 7.01. The first kappa shape index (κ1) is 16.1. The van der Waals surface area contributed by atoms with Crippen LogP contribution in [-0.4, -0.2) is 18.0 Å². The summed E-state index contributed by atoms with van der Waals surface area (Å²) in [6.07, 6.45) is 0. The van der Waals surface area contributed by atoms with Crippen molar-refractivity contribution in [3.63, 3.8) is 0 Å². The third kappa shape index (κ3) is 4.91. The molecule has 0 aliphatic carbocycles. The average molecular weight is 331 g/mol. The third-order valence-electron chi connectivity index (χ3n) is 2.77. The number of halogens is 2. The first-order valence-corrected chi connectivity index (χ1v) is 7.12. The van der Waals surface area contributed by atoms with Crippen LogP contribution in [-0.2, 0) is 4.79 Å². The van der Waals surface area contributed by atoms with Gasteiger partial charge in [-0.1, -0.05) is 6.07 Å². The molecule has 0 radical (unpaired) electrons. The monoisotopic (exact) mass is 330 g/mol. The lowest BCUT2D eigenvalue weighted by Gasteiger charge is -2.21. The fourth-order valence-electron chi connectivity index (χ4n) is 1.74. The maximum absolute atomic E-state index is 13.2. The van der Waals surface area contributed by atoms with Crippen LogP contribution in [0.4, 0.5) is 4.39 Å². The summed E-state index contributed by atoms with van der Waals surface area (Å²) in [6, 6.07) is 4.62. The number of carbonyl (C=O) groups is 1. The molecular formula is C14H20BrFN2O. The Bertz CT molecular complexity index is 451. The van der Waals surface area contributed by atoms with E-state index in [0.717, 1.165) is 5.56 Å². The van der Waals surface area contributed by atoms with Crippen molar-refractivity contribution in [3.05, 3.63) is 34.1 Å². The first-order chi connectivity index (χ1) is 8.81. The van der Waals surface area contributed by atoms with Gasteiger partial charge in [-0.2, -0.15) is 0 Å². The highest BCUT2D eigenvalue weighted by Gasteiger charge is 2.17. The molecule has 0 spiro atoms. The average Bonchev–Trinajstić information content (AvgIpc) is 2.31. The summed E-state index contributed by atoms with van der Waals surface area (Å²) < 4.78 is 13.6. The van der Waals surface area contributed by atoms with Crippen molar-refractivity contribution in [1.82, 2.24) is 10.6 Å². The Morgan fingerprint density at radius 3 is 2.42 bits per heavy atom. The summed E-state index contributed by atoms with van der Waals surface area (Å²) in [5.41, 5.74) is 0.928. The zero-order valence-electron chi connectivity index (χ0n) is 11.6. The van der Waals surface area contributed by atoms with E-state index in [2.05, 4.69) is 26.6 Å². The molecular weight excluding hydrogens is 311 g/mol. The van der Waals surface area contributed by atoms with E-state index in [4.69, 9.17) is 0 Å². The summed E-state index contributed by atoms with van der Waals surface area (Å²) in [6.45, 7) is 7.60. The zero-order chi connectivity index (χ0) is 14.6. The molecule has 2 unspecified atom stereocenters. The van der Waals surface area contributed by atoms with Crippen molar-refractivity contribution in [2.45, 2.75) is 45.8 Å². The van der Waals surface area contributed by atoms with Gasteiger partial charge in [0.25, 0.3) is 0 Å². The molecule has 0 heterocycles. The lowest BCUT2D eigenvalue weighted by molar-refractivity contribution is -0.123. The van der Waals surface area contributed by atoms with E-state index in [1.807, 2.05) is 27.7 Å². The summed E-state index contributed by atoms with van der Waals surface area (Å²) in [4.78, 5) is 11.8. The Balaban J connectivity index is 2.65. The molecule has 0 aliphatic heterocycles. The highest BCUT2D eigenvalue weighted by Crippen LogP contribution is 2.21. The van der Waals surface area contributed by atoms with Crippen LogP contribution in [0.25, 0.3) is 0 Å². The van der Waals surface area contributed by atoms with E-state index in [1.165, 1.54) is 6.07 Å². The normalized spacial score (nSPS) is 14.3. The Morgan fingerprint density at radius 1 is 1.26 bits per heavy atom. The quantitative estimate of drug-likeness (QED) is 0.870. The number of amides is 1. The van der Waals surface area contributed by atoms with E-state index < -0.39 is 0 Å². The number of carbonyl (C=O) groups excluding carboxylic acids is 1. The molecule has 0 saturated carbocycles. The highest BCUT2D eigenvalue weighted by molar-refractivity contribution is 9.10. The number of rotatable bonds is 5. The fourth-order valence-corrected chi connectivity index (χ4v) is 2.13. The van der Waals surface area contributed by atoms with Gasteiger partial charge >= 0.3 is 0 Å². The minimum atomic E-state index is -0.304. The molecule has 3 nitrogen and oxygen atoms in total. The van der Waals surface area contributed by atoms with Gasteiger partial charge in [0.15, 0.2) is 0 Å². The second-order valence-corrected chi connectivity index (χ2v) is 5.80. The van der Waals surface area contributed by atoms with Crippen LogP contribution in [0.2, 0.25) is 0 Å². The first-order valence-electron chi connectivity index (χ1n) is 6.32. The van der Waals surface area contributed by atoms with Crippen LogP contribution >= 0.6 is 15.9 Å². The topological polar surface area (TPSA) is 41.1 Å². The molecule has 0 aromatic heterocycles. The summed E-state index contributed by atoms with van der Waals surface area (Å²) in [7, 11) is 0. The van der Waals surface area contributed by atoms with Gasteiger partial charge in [0.05, 0.1) is 10.5 Å². The molecule has 1 amide bonds. The van der Waals surface area contributed by atoms with Crippen molar-refractivity contribution in [1.29, 1.82) is 0 Å². The van der Waals surface area contributed by atoms with Crippen molar-refractivity contribution >= 4 is 21.8 Å². The third-order valence-corrected chi connectivity index (χ3v) is 3.38. The summed E-state index contributed by atoms with van der Waals surface area (Å²) in [5.74, 6) is -0.329. The van der Waals surface area contributed by atoms with Crippen LogP contribution in [0, 0.1) is 5.82 Å². The molecule has 0 bridgehead atoms. The Kier molecular flexibility index (Phi) is 5.94. The number of hydrogen-bond donors (Lipinski definition) is 2. The minimum Gasteiger partial charge on any atom is -0.353 e. The van der Waals surface area contributed by atoms with E-state index in [0.29, 0.717) is 4.47 Å². The molecule has 1 aromatic carbocycles. The lowest BCUT2D eigenvalue weighted by Crippen LogP contribution is -2.45. The largest absolute Gasteiger partial charge is 0.353 e. The molecule has 0 fully saturated rings. The van der Waals surface area contributed by atoms with Gasteiger partial charge in [-0.3, -0.25) is 10.1 Å². The van der Waals surface area contributed by atoms with Crippen molar-refractivity contribution in [2.75, 3.05) is 0 Å². The van der Waals surface area contributed by atoms with Gasteiger partial charge in [-0.05, 0) is 61.3 Å². The molecule has 1 aromatic rings. The molecule has 5 heteroatoms. The van der Waals surface area contributed by atoms with Crippen LogP contribution in [0.1, 0.15) is 39.3 Å². The zero-order valence-corrected chi connectivity index (χ0v) is 13.2. The number of benzene rings is 1. The summed E-state index contributed by atoms with van der Waals surface area (Å²) in [5, 5.41) is 6.04. The van der Waals surface area contributed by atoms with Crippen molar-refractivity contribution < 1.29 is 9.18 Å². The number of nitrogens with one attached hydrogen (secondary N) is 2. The van der Waals surface area contributed by atoms with Gasteiger partial charge in [0.1, 0.15) is 5.82 Å². The van der Waals surface area contributed by atoms with E-state index >= 15 is 0 Å². The maximum Gasteiger partial charge on any atom is 0.237 e. The van der Waals surface area contributed by atoms with E-state index in [1.54, 1.807) is 12.1 Å². The molecule has 2 N–H and O–H groups in total. The van der Waals surface area contributed by atoms with Crippen molar-refractivity contribution in [2.24, 2.45) is 0 Å². The van der Waals surface area contributed by atoms with Gasteiger partial charge in [0, 0.05) is 12.1 Å². The van der Waals surface area contributed by atoms with Gasteiger partial charge in [0.2, 0.25) is 5.91 Å². The predicted octanol–water partition coefficient (Wildman–Crippen LogP) is 3.15. The van der Waals surface area contributed by atoms with Crippen LogP contribution in [0.3, 0.4) is 0 Å². The smallest absolute Gasteiger partial charge is 0.237 e. The second-order valence-electron chi connectivity index (χ2n) is 4.95. The molecule has 0 aliphatic rings. The SMILES string of the molecule is CC(C)NC(=O)C(C)NC(C)c1ccc(F)c(Br)c1. The Morgan fingerprint density at radius 2 is 1.89 bits per heavy atom. The van der Waals surface area contributed by atoms with Crippen LogP contribution < -0.4 is 10.6 Å². The highest BCUT2D eigenvalue weighted by atomic mass is 79.9. The Hall–Kier alpha value is -0.940.